The summed E-state index contributed by atoms with van der Waals surface area (Å²) < 4.78 is 0. The minimum atomic E-state index is -0.165. The first-order valence-electron chi connectivity index (χ1n) is 9.38. The van der Waals surface area contributed by atoms with Crippen LogP contribution in [0.5, 0.6) is 0 Å². The van der Waals surface area contributed by atoms with Crippen molar-refractivity contribution in [2.24, 2.45) is 0 Å². The van der Waals surface area contributed by atoms with Gasteiger partial charge in [0.05, 0.1) is 5.56 Å². The van der Waals surface area contributed by atoms with Gasteiger partial charge in [-0.1, -0.05) is 17.7 Å². The molecule has 1 aliphatic carbocycles. The molecule has 2 amide bonds. The predicted octanol–water partition coefficient (Wildman–Crippen LogP) is 3.14. The van der Waals surface area contributed by atoms with Crippen LogP contribution in [0.3, 0.4) is 0 Å². The van der Waals surface area contributed by atoms with E-state index in [0.29, 0.717) is 22.7 Å². The molecule has 27 heavy (non-hydrogen) atoms. The number of hydrogen-bond donors (Lipinski definition) is 3. The fourth-order valence-electron chi connectivity index (χ4n) is 3.59. The van der Waals surface area contributed by atoms with Gasteiger partial charge in [-0.25, -0.2) is 0 Å². The van der Waals surface area contributed by atoms with E-state index in [9.17, 15) is 9.59 Å². The maximum absolute atomic E-state index is 12.6. The van der Waals surface area contributed by atoms with Crippen LogP contribution in [0.15, 0.2) is 41.3 Å². The number of thiophene rings is 1. The molecule has 3 N–H and O–H groups in total. The van der Waals surface area contributed by atoms with E-state index < -0.39 is 0 Å². The van der Waals surface area contributed by atoms with Gasteiger partial charge in [0.25, 0.3) is 11.8 Å². The Bertz CT molecular complexity index is 901. The number of benzene rings is 1. The molecule has 5 nitrogen and oxygen atoms in total. The van der Waals surface area contributed by atoms with E-state index in [0.717, 1.165) is 38.8 Å². The highest BCUT2D eigenvalue weighted by Crippen LogP contribution is 2.26. The fourth-order valence-corrected chi connectivity index (χ4v) is 4.37. The maximum Gasteiger partial charge on any atom is 0.256 e. The maximum atomic E-state index is 12.6. The van der Waals surface area contributed by atoms with E-state index in [4.69, 9.17) is 0 Å². The molecule has 6 heteroatoms. The first-order chi connectivity index (χ1) is 13.2. The number of hydrogen-bond acceptors (Lipinski definition) is 4. The van der Waals surface area contributed by atoms with E-state index in [-0.39, 0.29) is 11.8 Å². The van der Waals surface area contributed by atoms with Crippen molar-refractivity contribution in [3.05, 3.63) is 63.5 Å². The topological polar surface area (TPSA) is 70.2 Å². The van der Waals surface area contributed by atoms with Crippen LogP contribution in [0, 0.1) is 0 Å². The number of carbonyl (C=O) groups is 2. The Morgan fingerprint density at radius 1 is 1.07 bits per heavy atom. The average molecular weight is 382 g/mol. The second-order valence-corrected chi connectivity index (χ2v) is 7.87. The minimum absolute atomic E-state index is 0.153. The van der Waals surface area contributed by atoms with E-state index in [1.807, 2.05) is 23.6 Å². The molecule has 0 atom stereocenters. The normalized spacial score (nSPS) is 15.8. The Kier molecular flexibility index (Phi) is 5.36. The van der Waals surface area contributed by atoms with Gasteiger partial charge in [0.15, 0.2) is 0 Å². The van der Waals surface area contributed by atoms with Gasteiger partial charge >= 0.3 is 0 Å². The van der Waals surface area contributed by atoms with Crippen LogP contribution in [-0.4, -0.2) is 31.4 Å². The van der Waals surface area contributed by atoms with Crippen LogP contribution in [0.2, 0.25) is 0 Å². The van der Waals surface area contributed by atoms with Crippen molar-refractivity contribution in [1.29, 1.82) is 0 Å². The summed E-state index contributed by atoms with van der Waals surface area (Å²) in [5, 5.41) is 11.6. The Morgan fingerprint density at radius 3 is 2.81 bits per heavy atom. The molecular formula is C21H23N3O2S. The lowest BCUT2D eigenvalue weighted by Crippen LogP contribution is -2.30. The Hall–Kier alpha value is -2.44. The number of anilines is 1. The highest BCUT2D eigenvalue weighted by Gasteiger charge is 2.18. The van der Waals surface area contributed by atoms with Crippen molar-refractivity contribution in [2.75, 3.05) is 25.0 Å². The van der Waals surface area contributed by atoms with Gasteiger partial charge in [-0.2, -0.15) is 0 Å². The molecule has 0 radical (unpaired) electrons. The molecule has 2 aromatic rings. The van der Waals surface area contributed by atoms with Crippen LogP contribution in [-0.2, 0) is 12.8 Å². The third-order valence-corrected chi connectivity index (χ3v) is 5.96. The average Bonchev–Trinajstić information content (AvgIpc) is 3.35. The standard InChI is InChI=1S/C21H23N3O2S/c25-19(17-5-4-15-2-1-3-16(15)12-17)24-21-18(8-11-27-21)20(26)23-13-14-6-9-22-10-7-14/h4-6,8,11-12,22H,1-3,7,9-10,13H2,(H,23,26)(H,24,25). The first kappa shape index (κ1) is 17.9. The van der Waals surface area contributed by atoms with E-state index >= 15 is 0 Å². The molecule has 0 saturated heterocycles. The van der Waals surface area contributed by atoms with Crippen molar-refractivity contribution in [1.82, 2.24) is 10.6 Å². The number of fused-ring (bicyclic) bond motifs is 1. The molecule has 0 bridgehead atoms. The van der Waals surface area contributed by atoms with Gasteiger partial charge in [0.2, 0.25) is 0 Å². The molecule has 0 spiro atoms. The molecule has 1 aromatic heterocycles. The van der Waals surface area contributed by atoms with Crippen LogP contribution in [0.1, 0.15) is 44.7 Å². The summed E-state index contributed by atoms with van der Waals surface area (Å²) in [5.74, 6) is -0.317. The van der Waals surface area contributed by atoms with Crippen LogP contribution < -0.4 is 16.0 Å². The lowest BCUT2D eigenvalue weighted by Gasteiger charge is -2.14. The molecule has 1 aromatic carbocycles. The number of rotatable bonds is 5. The van der Waals surface area contributed by atoms with Gasteiger partial charge < -0.3 is 16.0 Å². The second kappa shape index (κ2) is 8.06. The molecule has 0 unspecified atom stereocenters. The minimum Gasteiger partial charge on any atom is -0.348 e. The third kappa shape index (κ3) is 4.12. The number of aryl methyl sites for hydroxylation is 2. The summed E-state index contributed by atoms with van der Waals surface area (Å²) in [4.78, 5) is 25.2. The first-order valence-corrected chi connectivity index (χ1v) is 10.3. The van der Waals surface area contributed by atoms with Crippen molar-refractivity contribution < 1.29 is 9.59 Å². The molecule has 4 rings (SSSR count). The molecule has 140 valence electrons. The SMILES string of the molecule is O=C(Nc1sccc1C(=O)NCC1=CCNCC1)c1ccc2c(c1)CCC2. The quantitative estimate of drug-likeness (QED) is 0.697. The number of amides is 2. The van der Waals surface area contributed by atoms with Gasteiger partial charge in [0, 0.05) is 18.7 Å². The van der Waals surface area contributed by atoms with Crippen molar-refractivity contribution in [3.8, 4) is 0 Å². The largest absolute Gasteiger partial charge is 0.348 e. The Balaban J connectivity index is 1.41. The van der Waals surface area contributed by atoms with Gasteiger partial charge in [-0.3, -0.25) is 9.59 Å². The molecule has 0 saturated carbocycles. The summed E-state index contributed by atoms with van der Waals surface area (Å²) in [5.41, 5.74) is 5.01. The van der Waals surface area contributed by atoms with Crippen molar-refractivity contribution >= 4 is 28.2 Å². The number of nitrogens with one attached hydrogen (secondary N) is 3. The van der Waals surface area contributed by atoms with Gasteiger partial charge in [-0.05, 0) is 66.9 Å². The Morgan fingerprint density at radius 2 is 1.96 bits per heavy atom. The number of carbonyl (C=O) groups excluding carboxylic acids is 2. The van der Waals surface area contributed by atoms with E-state index in [1.54, 1.807) is 6.07 Å². The zero-order valence-corrected chi connectivity index (χ0v) is 16.0. The van der Waals surface area contributed by atoms with E-state index in [1.165, 1.54) is 28.0 Å². The molecule has 2 heterocycles. The highest BCUT2D eigenvalue weighted by atomic mass is 32.1. The monoisotopic (exact) mass is 381 g/mol. The summed E-state index contributed by atoms with van der Waals surface area (Å²) in [6.07, 6.45) is 6.36. The summed E-state index contributed by atoms with van der Waals surface area (Å²) in [6.45, 7) is 2.35. The van der Waals surface area contributed by atoms with Crippen molar-refractivity contribution in [2.45, 2.75) is 25.7 Å². The van der Waals surface area contributed by atoms with E-state index in [2.05, 4.69) is 22.0 Å². The van der Waals surface area contributed by atoms with Gasteiger partial charge in [0.1, 0.15) is 5.00 Å². The zero-order chi connectivity index (χ0) is 18.6. The second-order valence-electron chi connectivity index (χ2n) is 6.95. The Labute approximate surface area is 162 Å². The zero-order valence-electron chi connectivity index (χ0n) is 15.1. The molecule has 0 fully saturated rings. The van der Waals surface area contributed by atoms with Crippen LogP contribution in [0.25, 0.3) is 0 Å². The summed E-state index contributed by atoms with van der Waals surface area (Å²) >= 11 is 1.37. The fraction of sp³-hybridized carbons (Fsp3) is 0.333. The summed E-state index contributed by atoms with van der Waals surface area (Å²) in [6, 6.07) is 7.66. The van der Waals surface area contributed by atoms with Crippen LogP contribution >= 0.6 is 11.3 Å². The molecule has 2 aliphatic rings. The molecule has 1 aliphatic heterocycles. The van der Waals surface area contributed by atoms with Crippen LogP contribution in [0.4, 0.5) is 5.00 Å². The predicted molar refractivity (Wildman–Crippen MR) is 109 cm³/mol. The third-order valence-electron chi connectivity index (χ3n) is 5.13. The summed E-state index contributed by atoms with van der Waals surface area (Å²) in [7, 11) is 0. The lowest BCUT2D eigenvalue weighted by molar-refractivity contribution is 0.0958. The lowest BCUT2D eigenvalue weighted by atomic mass is 10.1. The highest BCUT2D eigenvalue weighted by molar-refractivity contribution is 7.14. The van der Waals surface area contributed by atoms with Gasteiger partial charge in [-0.15, -0.1) is 11.3 Å². The molecular weight excluding hydrogens is 358 g/mol. The smallest absolute Gasteiger partial charge is 0.256 e. The van der Waals surface area contributed by atoms with Crippen molar-refractivity contribution in [3.63, 3.8) is 0 Å².